The molecular weight excluding hydrogens is 691 g/mol. The predicted molar refractivity (Wildman–Crippen MR) is 244 cm³/mol. The minimum Gasteiger partial charge on any atom is -0.366 e. The molecular formula is C51H89NO4. The molecule has 2 aliphatic rings. The van der Waals surface area contributed by atoms with E-state index in [0.717, 1.165) is 56.9 Å². The maximum absolute atomic E-state index is 13.0. The molecule has 1 N–H and O–H groups in total. The lowest BCUT2D eigenvalue weighted by atomic mass is 9.97. The highest BCUT2D eigenvalue weighted by Gasteiger charge is 2.57. The molecule has 0 aliphatic heterocycles. The molecule has 0 aromatic heterocycles. The van der Waals surface area contributed by atoms with Crippen molar-refractivity contribution in [3.05, 3.63) is 71.9 Å². The average molecular weight is 780 g/mol. The summed E-state index contributed by atoms with van der Waals surface area (Å²) in [5.74, 6) is -0.327. The number of carbonyl (C=O) groups excluding carboxylic acids is 2. The third-order valence-corrected chi connectivity index (χ3v) is 10.6. The number of unbranched alkanes of at least 4 members (excludes halogenated alkanes) is 17. The number of ether oxygens (including phenoxy) is 1. The molecule has 0 bridgehead atoms. The number of carbonyl (C=O) groups is 2. The lowest BCUT2D eigenvalue weighted by Crippen LogP contribution is -2.50. The minimum absolute atomic E-state index is 0.327. The fraction of sp³-hybridized carbons (Fsp3) is 0.725. The van der Waals surface area contributed by atoms with Gasteiger partial charge in [0, 0.05) is 12.2 Å². The molecule has 1 atom stereocenters. The van der Waals surface area contributed by atoms with Gasteiger partial charge in [-0.05, 0) is 103 Å². The zero-order valence-corrected chi connectivity index (χ0v) is 37.6. The first-order valence-corrected chi connectivity index (χ1v) is 23.4. The Bertz CT molecular complexity index is 1090. The second kappa shape index (κ2) is 39.3. The molecule has 2 rings (SSSR count). The van der Waals surface area contributed by atoms with Crippen molar-refractivity contribution in [2.75, 3.05) is 6.61 Å². The molecule has 5 nitrogen and oxygen atoms in total. The summed E-state index contributed by atoms with van der Waals surface area (Å²) in [5.41, 5.74) is 0.648. The van der Waals surface area contributed by atoms with E-state index in [9.17, 15) is 14.7 Å². The zero-order chi connectivity index (χ0) is 41.4. The Morgan fingerprint density at radius 2 is 1.09 bits per heavy atom. The Labute approximate surface area is 347 Å². The monoisotopic (exact) mass is 780 g/mol. The van der Waals surface area contributed by atoms with Crippen molar-refractivity contribution < 1.29 is 19.4 Å². The van der Waals surface area contributed by atoms with Gasteiger partial charge in [-0.3, -0.25) is 14.5 Å². The van der Waals surface area contributed by atoms with Crippen molar-refractivity contribution in [1.29, 1.82) is 0 Å². The summed E-state index contributed by atoms with van der Waals surface area (Å²) < 4.78 is 5.69. The first-order valence-electron chi connectivity index (χ1n) is 23.4. The Hall–Kier alpha value is -2.50. The number of amides is 2. The molecule has 0 aromatic carbocycles. The van der Waals surface area contributed by atoms with Crippen LogP contribution in [0.3, 0.4) is 0 Å². The number of allylic oxidation sites excluding steroid dienone is 10. The van der Waals surface area contributed by atoms with Crippen LogP contribution in [-0.2, 0) is 14.3 Å². The molecule has 322 valence electrons. The first kappa shape index (κ1) is 53.5. The van der Waals surface area contributed by atoms with Gasteiger partial charge in [-0.15, -0.1) is 0 Å². The SMILES string of the molecule is CCCCC.CCCCC/C=C\C/C=C\CCCCC.CCCCC/C=C\C/C=C\CCCCCCCCOC(O)C1(N(C=O)C(=O)C2=C(C)CCC=C2)CC1. The molecule has 56 heavy (non-hydrogen) atoms. The summed E-state index contributed by atoms with van der Waals surface area (Å²) in [6.45, 7) is 13.5. The van der Waals surface area contributed by atoms with Crippen LogP contribution in [0.4, 0.5) is 0 Å². The molecule has 0 saturated heterocycles. The summed E-state index contributed by atoms with van der Waals surface area (Å²) in [6, 6.07) is 0. The fourth-order valence-corrected chi connectivity index (χ4v) is 6.58. The van der Waals surface area contributed by atoms with Gasteiger partial charge in [0.1, 0.15) is 5.54 Å². The number of imide groups is 1. The van der Waals surface area contributed by atoms with Crippen molar-refractivity contribution in [3.8, 4) is 0 Å². The molecule has 2 amide bonds. The van der Waals surface area contributed by atoms with Gasteiger partial charge in [0.15, 0.2) is 6.29 Å². The van der Waals surface area contributed by atoms with Crippen LogP contribution >= 0.6 is 0 Å². The highest BCUT2D eigenvalue weighted by molar-refractivity contribution is 6.03. The van der Waals surface area contributed by atoms with E-state index in [-0.39, 0.29) is 5.91 Å². The van der Waals surface area contributed by atoms with Crippen LogP contribution < -0.4 is 0 Å². The highest BCUT2D eigenvalue weighted by atomic mass is 16.6. The number of nitrogens with zero attached hydrogens (tertiary/aromatic N) is 1. The Balaban J connectivity index is 0.00000125. The van der Waals surface area contributed by atoms with E-state index in [4.69, 9.17) is 4.74 Å². The van der Waals surface area contributed by atoms with Gasteiger partial charge in [-0.1, -0.05) is 184 Å². The lowest BCUT2D eigenvalue weighted by Gasteiger charge is -2.31. The topological polar surface area (TPSA) is 66.8 Å². The lowest BCUT2D eigenvalue weighted by molar-refractivity contribution is -0.169. The smallest absolute Gasteiger partial charge is 0.260 e. The van der Waals surface area contributed by atoms with E-state index in [1.807, 2.05) is 13.0 Å². The average Bonchev–Trinajstić information content (AvgIpc) is 4.01. The maximum Gasteiger partial charge on any atom is 0.260 e. The normalized spacial score (nSPS) is 15.3. The van der Waals surface area contributed by atoms with E-state index < -0.39 is 11.8 Å². The van der Waals surface area contributed by atoms with Crippen LogP contribution in [0.25, 0.3) is 0 Å². The van der Waals surface area contributed by atoms with Gasteiger partial charge >= 0.3 is 0 Å². The molecule has 0 spiro atoms. The van der Waals surface area contributed by atoms with Gasteiger partial charge in [0.05, 0.1) is 0 Å². The third kappa shape index (κ3) is 28.0. The number of hydrogen-bond donors (Lipinski definition) is 1. The van der Waals surface area contributed by atoms with E-state index in [0.29, 0.717) is 31.4 Å². The van der Waals surface area contributed by atoms with Gasteiger partial charge in [0.25, 0.3) is 5.91 Å². The van der Waals surface area contributed by atoms with Crippen molar-refractivity contribution in [3.63, 3.8) is 0 Å². The number of rotatable bonds is 32. The van der Waals surface area contributed by atoms with Crippen molar-refractivity contribution in [1.82, 2.24) is 4.90 Å². The van der Waals surface area contributed by atoms with Crippen molar-refractivity contribution in [2.45, 2.75) is 233 Å². The number of aliphatic hydroxyl groups is 1. The molecule has 2 aliphatic carbocycles. The Morgan fingerprint density at radius 3 is 1.48 bits per heavy atom. The van der Waals surface area contributed by atoms with Crippen LogP contribution in [0.15, 0.2) is 71.9 Å². The number of hydrogen-bond acceptors (Lipinski definition) is 4. The maximum atomic E-state index is 13.0. The van der Waals surface area contributed by atoms with Crippen LogP contribution in [0, 0.1) is 0 Å². The minimum atomic E-state index is -1.13. The quantitative estimate of drug-likeness (QED) is 0.0320. The van der Waals surface area contributed by atoms with Gasteiger partial charge in [0.2, 0.25) is 6.41 Å². The van der Waals surface area contributed by atoms with Gasteiger partial charge in [-0.2, -0.15) is 0 Å². The third-order valence-electron chi connectivity index (χ3n) is 10.6. The molecule has 1 saturated carbocycles. The van der Waals surface area contributed by atoms with Crippen LogP contribution in [0.5, 0.6) is 0 Å². The predicted octanol–water partition coefficient (Wildman–Crippen LogP) is 15.2. The van der Waals surface area contributed by atoms with Crippen molar-refractivity contribution in [2.24, 2.45) is 0 Å². The van der Waals surface area contributed by atoms with E-state index in [1.54, 1.807) is 6.08 Å². The number of aliphatic hydroxyl groups excluding tert-OH is 1. The van der Waals surface area contributed by atoms with E-state index in [1.165, 1.54) is 120 Å². The zero-order valence-electron chi connectivity index (χ0n) is 37.6. The molecule has 0 radical (unpaired) electrons. The molecule has 0 aromatic rings. The first-order chi connectivity index (χ1) is 27.4. The Kier molecular flexibility index (Phi) is 37.6. The summed E-state index contributed by atoms with van der Waals surface area (Å²) >= 11 is 0. The van der Waals surface area contributed by atoms with E-state index in [2.05, 4.69) is 83.2 Å². The van der Waals surface area contributed by atoms with E-state index >= 15 is 0 Å². The van der Waals surface area contributed by atoms with Crippen LogP contribution in [0.2, 0.25) is 0 Å². The fourth-order valence-electron chi connectivity index (χ4n) is 6.58. The molecule has 5 heteroatoms. The standard InChI is InChI=1S/C31H49NO4.C15H28.C5H12/c1-3-4-5-6-7-8-9-10-11-12-13-14-15-16-17-20-25-36-30(35)31(23-24-31)32(26-33)29(34)28-22-19-18-21-27(28)2;1-3-5-7-9-11-13-15-14-12-10-8-6-4-2;1-3-5-4-2/h7-8,10-11,19,22,26,30,35H,3-6,9,12-18,20-21,23-25H2,1-2H3;11-14H,3-10,15H2,1-2H3;3-5H2,1-2H3/b8-7-,11-10-;13-11-,14-12-;. The second-order valence-corrected chi connectivity index (χ2v) is 15.9. The highest BCUT2D eigenvalue weighted by Crippen LogP contribution is 2.45. The largest absolute Gasteiger partial charge is 0.366 e. The summed E-state index contributed by atoms with van der Waals surface area (Å²) in [6.07, 6.45) is 54.4. The van der Waals surface area contributed by atoms with Gasteiger partial charge in [-0.25, -0.2) is 0 Å². The second-order valence-electron chi connectivity index (χ2n) is 15.9. The molecule has 1 unspecified atom stereocenters. The van der Waals surface area contributed by atoms with Crippen molar-refractivity contribution >= 4 is 12.3 Å². The summed E-state index contributed by atoms with van der Waals surface area (Å²) in [4.78, 5) is 26.0. The molecule has 1 fully saturated rings. The molecule has 0 heterocycles. The Morgan fingerprint density at radius 1 is 0.661 bits per heavy atom. The van der Waals surface area contributed by atoms with Crippen LogP contribution in [0.1, 0.15) is 221 Å². The summed E-state index contributed by atoms with van der Waals surface area (Å²) in [5, 5.41) is 10.7. The van der Waals surface area contributed by atoms with Crippen LogP contribution in [-0.4, -0.2) is 40.8 Å². The van der Waals surface area contributed by atoms with Gasteiger partial charge < -0.3 is 9.84 Å². The summed E-state index contributed by atoms with van der Waals surface area (Å²) in [7, 11) is 0.